The number of rotatable bonds is 2. The Morgan fingerprint density at radius 2 is 2.00 bits per heavy atom. The number of thiazole rings is 1. The molecule has 0 saturated heterocycles. The van der Waals surface area contributed by atoms with Gasteiger partial charge in [-0.3, -0.25) is 0 Å². The average Bonchev–Trinajstić information content (AvgIpc) is 2.50. The zero-order valence-corrected chi connectivity index (χ0v) is 10.7. The normalized spacial score (nSPS) is 10.5. The maximum Gasteiger partial charge on any atom is 0.137 e. The van der Waals surface area contributed by atoms with E-state index in [1.54, 1.807) is 11.3 Å². The van der Waals surface area contributed by atoms with Gasteiger partial charge in [-0.15, -0.1) is 11.3 Å². The number of hydrogen-bond donors (Lipinski definition) is 1. The largest absolute Gasteiger partial charge is 0.383 e. The third kappa shape index (κ3) is 2.58. The predicted molar refractivity (Wildman–Crippen MR) is 68.2 cm³/mol. The summed E-state index contributed by atoms with van der Waals surface area (Å²) in [6.45, 7) is 2.00. The second-order valence-electron chi connectivity index (χ2n) is 3.35. The van der Waals surface area contributed by atoms with Crippen LogP contribution in [0, 0.1) is 6.92 Å². The lowest BCUT2D eigenvalue weighted by molar-refractivity contribution is 1.14. The minimum Gasteiger partial charge on any atom is -0.383 e. The molecule has 2 aromatic rings. The Kier molecular flexibility index (Phi) is 3.07. The van der Waals surface area contributed by atoms with Gasteiger partial charge >= 0.3 is 0 Å². The van der Waals surface area contributed by atoms with Gasteiger partial charge in [-0.05, 0) is 24.6 Å². The summed E-state index contributed by atoms with van der Waals surface area (Å²) in [5.74, 6) is 0.659. The van der Waals surface area contributed by atoms with Gasteiger partial charge in [0.25, 0.3) is 0 Å². The maximum absolute atomic E-state index is 5.71. The molecule has 0 aliphatic carbocycles. The summed E-state index contributed by atoms with van der Waals surface area (Å²) in [4.78, 5) is 5.41. The molecular weight excluding hydrogens is 272 g/mol. The van der Waals surface area contributed by atoms with Gasteiger partial charge in [0, 0.05) is 15.8 Å². The van der Waals surface area contributed by atoms with Crippen LogP contribution in [0.3, 0.4) is 0 Å². The zero-order valence-electron chi connectivity index (χ0n) is 8.33. The zero-order chi connectivity index (χ0) is 10.8. The first-order valence-corrected chi connectivity index (χ1v) is 6.22. The number of hydrogen-bond acceptors (Lipinski definition) is 3. The molecule has 0 fully saturated rings. The number of aryl methyl sites for hydroxylation is 1. The molecule has 0 aliphatic rings. The van der Waals surface area contributed by atoms with Crippen LogP contribution in [0.15, 0.2) is 28.7 Å². The Bertz CT molecular complexity index is 442. The van der Waals surface area contributed by atoms with E-state index in [0.717, 1.165) is 20.8 Å². The van der Waals surface area contributed by atoms with Gasteiger partial charge in [0.15, 0.2) is 0 Å². The molecule has 0 bridgehead atoms. The van der Waals surface area contributed by atoms with E-state index >= 15 is 0 Å². The molecule has 4 heteroatoms. The van der Waals surface area contributed by atoms with Crippen molar-refractivity contribution in [1.82, 2.24) is 4.98 Å². The molecule has 1 heterocycles. The molecule has 15 heavy (non-hydrogen) atoms. The van der Waals surface area contributed by atoms with Crippen molar-refractivity contribution in [3.63, 3.8) is 0 Å². The van der Waals surface area contributed by atoms with Crippen LogP contribution >= 0.6 is 27.3 Å². The summed E-state index contributed by atoms with van der Waals surface area (Å²) in [5.41, 5.74) is 6.97. The maximum atomic E-state index is 5.71. The lowest BCUT2D eigenvalue weighted by atomic mass is 10.2. The van der Waals surface area contributed by atoms with Crippen molar-refractivity contribution in [2.75, 3.05) is 5.73 Å². The van der Waals surface area contributed by atoms with E-state index in [4.69, 9.17) is 5.73 Å². The van der Waals surface area contributed by atoms with Crippen LogP contribution in [-0.2, 0) is 6.42 Å². The van der Waals surface area contributed by atoms with E-state index in [1.807, 2.05) is 19.1 Å². The van der Waals surface area contributed by atoms with Gasteiger partial charge in [0.1, 0.15) is 5.82 Å². The molecule has 0 spiro atoms. The minimum absolute atomic E-state index is 0.659. The summed E-state index contributed by atoms with van der Waals surface area (Å²) in [6.07, 6.45) is 0.857. The first kappa shape index (κ1) is 10.6. The molecule has 0 unspecified atom stereocenters. The van der Waals surface area contributed by atoms with Gasteiger partial charge in [-0.25, -0.2) is 4.98 Å². The Hall–Kier alpha value is -0.870. The van der Waals surface area contributed by atoms with Gasteiger partial charge < -0.3 is 5.73 Å². The van der Waals surface area contributed by atoms with Gasteiger partial charge in [0.05, 0.1) is 5.01 Å². The van der Waals surface area contributed by atoms with Crippen LogP contribution in [0.2, 0.25) is 0 Å². The molecule has 78 valence electrons. The summed E-state index contributed by atoms with van der Waals surface area (Å²) < 4.78 is 1.10. The van der Waals surface area contributed by atoms with Gasteiger partial charge in [-0.1, -0.05) is 28.1 Å². The van der Waals surface area contributed by atoms with Crippen molar-refractivity contribution in [2.45, 2.75) is 13.3 Å². The third-order valence-electron chi connectivity index (χ3n) is 2.15. The van der Waals surface area contributed by atoms with Crippen molar-refractivity contribution < 1.29 is 0 Å². The molecule has 0 aliphatic heterocycles. The number of nitrogens with zero attached hydrogens (tertiary/aromatic N) is 1. The van der Waals surface area contributed by atoms with Crippen molar-refractivity contribution >= 4 is 33.1 Å². The summed E-state index contributed by atoms with van der Waals surface area (Å²) in [6, 6.07) is 8.27. The molecular formula is C11H11BrN2S. The summed E-state index contributed by atoms with van der Waals surface area (Å²) in [7, 11) is 0. The molecule has 2 nitrogen and oxygen atoms in total. The molecule has 1 aromatic heterocycles. The fraction of sp³-hybridized carbons (Fsp3) is 0.182. The highest BCUT2D eigenvalue weighted by Gasteiger charge is 2.04. The van der Waals surface area contributed by atoms with Crippen LogP contribution in [0.4, 0.5) is 5.82 Å². The topological polar surface area (TPSA) is 38.9 Å². The highest BCUT2D eigenvalue weighted by molar-refractivity contribution is 9.10. The second kappa shape index (κ2) is 4.33. The Morgan fingerprint density at radius 3 is 2.53 bits per heavy atom. The SMILES string of the molecule is Cc1sc(Cc2ccc(Br)cc2)nc1N. The Morgan fingerprint density at radius 1 is 1.33 bits per heavy atom. The quantitative estimate of drug-likeness (QED) is 0.917. The fourth-order valence-corrected chi connectivity index (χ4v) is 2.47. The van der Waals surface area contributed by atoms with Crippen molar-refractivity contribution in [1.29, 1.82) is 0 Å². The highest BCUT2D eigenvalue weighted by Crippen LogP contribution is 2.22. The van der Waals surface area contributed by atoms with Crippen molar-refractivity contribution in [3.05, 3.63) is 44.2 Å². The van der Waals surface area contributed by atoms with E-state index in [9.17, 15) is 0 Å². The van der Waals surface area contributed by atoms with Crippen LogP contribution in [0.5, 0.6) is 0 Å². The monoisotopic (exact) mass is 282 g/mol. The number of anilines is 1. The van der Waals surface area contributed by atoms with Crippen LogP contribution in [-0.4, -0.2) is 4.98 Å². The average molecular weight is 283 g/mol. The van der Waals surface area contributed by atoms with Crippen molar-refractivity contribution in [3.8, 4) is 0 Å². The van der Waals surface area contributed by atoms with E-state index in [1.165, 1.54) is 5.56 Å². The molecule has 0 saturated carbocycles. The fourth-order valence-electron chi connectivity index (χ4n) is 1.32. The smallest absolute Gasteiger partial charge is 0.137 e. The van der Waals surface area contributed by atoms with E-state index < -0.39 is 0 Å². The van der Waals surface area contributed by atoms with Gasteiger partial charge in [-0.2, -0.15) is 0 Å². The number of nitrogen functional groups attached to an aromatic ring is 1. The number of halogens is 1. The second-order valence-corrected chi connectivity index (χ2v) is 5.56. The number of aromatic nitrogens is 1. The standard InChI is InChI=1S/C11H11BrN2S/c1-7-11(13)14-10(15-7)6-8-2-4-9(12)5-3-8/h2-5H,6,13H2,1H3. The Balaban J connectivity index is 2.18. The molecule has 0 atom stereocenters. The highest BCUT2D eigenvalue weighted by atomic mass is 79.9. The first-order chi connectivity index (χ1) is 7.15. The number of nitrogens with two attached hydrogens (primary N) is 1. The lowest BCUT2D eigenvalue weighted by Crippen LogP contribution is -1.89. The lowest BCUT2D eigenvalue weighted by Gasteiger charge is -1.97. The van der Waals surface area contributed by atoms with Crippen LogP contribution < -0.4 is 5.73 Å². The van der Waals surface area contributed by atoms with Crippen LogP contribution in [0.1, 0.15) is 15.4 Å². The van der Waals surface area contributed by atoms with Gasteiger partial charge in [0.2, 0.25) is 0 Å². The minimum atomic E-state index is 0.659. The predicted octanol–water partition coefficient (Wildman–Crippen LogP) is 3.39. The van der Waals surface area contributed by atoms with Crippen LogP contribution in [0.25, 0.3) is 0 Å². The molecule has 2 rings (SSSR count). The summed E-state index contributed by atoms with van der Waals surface area (Å²) >= 11 is 5.08. The van der Waals surface area contributed by atoms with E-state index in [-0.39, 0.29) is 0 Å². The molecule has 0 amide bonds. The Labute approximate surface area is 101 Å². The van der Waals surface area contributed by atoms with E-state index in [2.05, 4.69) is 33.0 Å². The first-order valence-electron chi connectivity index (χ1n) is 4.61. The molecule has 0 radical (unpaired) electrons. The summed E-state index contributed by atoms with van der Waals surface area (Å²) in [5, 5.41) is 1.08. The molecule has 1 aromatic carbocycles. The van der Waals surface area contributed by atoms with Crippen molar-refractivity contribution in [2.24, 2.45) is 0 Å². The molecule has 2 N–H and O–H groups in total. The number of benzene rings is 1. The van der Waals surface area contributed by atoms with E-state index in [0.29, 0.717) is 5.82 Å². The third-order valence-corrected chi connectivity index (χ3v) is 3.66.